The molecule has 5 heteroatoms. The van der Waals surface area contributed by atoms with Gasteiger partial charge in [-0.3, -0.25) is 0 Å². The Morgan fingerprint density at radius 3 is 2.44 bits per heavy atom. The topological polar surface area (TPSA) is 21.3 Å². The van der Waals surface area contributed by atoms with E-state index in [9.17, 15) is 13.2 Å². The molecule has 2 nitrogen and oxygen atoms in total. The van der Waals surface area contributed by atoms with E-state index >= 15 is 0 Å². The van der Waals surface area contributed by atoms with Crippen LogP contribution in [-0.2, 0) is 6.18 Å². The van der Waals surface area contributed by atoms with Crippen molar-refractivity contribution in [1.29, 1.82) is 0 Å². The van der Waals surface area contributed by atoms with Crippen molar-refractivity contribution in [3.8, 4) is 5.75 Å². The van der Waals surface area contributed by atoms with Crippen LogP contribution in [0.3, 0.4) is 0 Å². The van der Waals surface area contributed by atoms with Gasteiger partial charge in [0.15, 0.2) is 0 Å². The van der Waals surface area contributed by atoms with Crippen molar-refractivity contribution in [2.24, 2.45) is 0 Å². The summed E-state index contributed by atoms with van der Waals surface area (Å²) in [7, 11) is 0. The number of nitrogens with one attached hydrogen (secondary N) is 1. The third-order valence-electron chi connectivity index (χ3n) is 1.97. The first-order valence-corrected chi connectivity index (χ1v) is 5.07. The minimum absolute atomic E-state index is 0.374. The lowest BCUT2D eigenvalue weighted by atomic mass is 10.2. The molecule has 0 saturated carbocycles. The van der Waals surface area contributed by atoms with E-state index < -0.39 is 11.7 Å². The summed E-state index contributed by atoms with van der Waals surface area (Å²) in [6.07, 6.45) is -4.32. The van der Waals surface area contributed by atoms with Gasteiger partial charge in [-0.25, -0.2) is 0 Å². The highest BCUT2D eigenvalue weighted by atomic mass is 19.4. The Morgan fingerprint density at radius 1 is 1.25 bits per heavy atom. The molecule has 1 rings (SSSR count). The molecule has 1 aromatic carbocycles. The van der Waals surface area contributed by atoms with Crippen LogP contribution in [0.1, 0.15) is 19.4 Å². The van der Waals surface area contributed by atoms with Gasteiger partial charge in [-0.05, 0) is 32.0 Å². The molecule has 90 valence electrons. The molecular formula is C11H14F3NO. The third-order valence-corrected chi connectivity index (χ3v) is 1.97. The molecule has 0 bridgehead atoms. The van der Waals surface area contributed by atoms with Crippen LogP contribution >= 0.6 is 0 Å². The van der Waals surface area contributed by atoms with E-state index in [1.54, 1.807) is 6.92 Å². The minimum atomic E-state index is -4.32. The number of hydrogen-bond donors (Lipinski definition) is 1. The fourth-order valence-corrected chi connectivity index (χ4v) is 1.32. The second-order valence-corrected chi connectivity index (χ2v) is 3.17. The Hall–Kier alpha value is -1.39. The first kappa shape index (κ1) is 12.7. The number of rotatable bonds is 4. The second kappa shape index (κ2) is 5.09. The van der Waals surface area contributed by atoms with Crippen LogP contribution in [0.5, 0.6) is 5.75 Å². The summed E-state index contributed by atoms with van der Waals surface area (Å²) in [5.74, 6) is 0.442. The molecule has 0 amide bonds. The van der Waals surface area contributed by atoms with Crippen molar-refractivity contribution in [2.75, 3.05) is 18.5 Å². The highest BCUT2D eigenvalue weighted by molar-refractivity contribution is 5.58. The van der Waals surface area contributed by atoms with Crippen molar-refractivity contribution in [1.82, 2.24) is 0 Å². The zero-order valence-corrected chi connectivity index (χ0v) is 9.19. The molecule has 0 aliphatic rings. The van der Waals surface area contributed by atoms with Crippen LogP contribution in [0.15, 0.2) is 18.2 Å². The fraction of sp³-hybridized carbons (Fsp3) is 0.455. The largest absolute Gasteiger partial charge is 0.492 e. The molecular weight excluding hydrogens is 219 g/mol. The molecule has 0 aliphatic heterocycles. The van der Waals surface area contributed by atoms with Gasteiger partial charge in [0.25, 0.3) is 0 Å². The van der Waals surface area contributed by atoms with E-state index in [2.05, 4.69) is 5.32 Å². The molecule has 0 spiro atoms. The van der Waals surface area contributed by atoms with Crippen molar-refractivity contribution < 1.29 is 17.9 Å². The maximum absolute atomic E-state index is 12.5. The Morgan fingerprint density at radius 2 is 1.94 bits per heavy atom. The van der Waals surface area contributed by atoms with Crippen LogP contribution in [0, 0.1) is 0 Å². The number of anilines is 1. The summed E-state index contributed by atoms with van der Waals surface area (Å²) in [5.41, 5.74) is -0.300. The Kier molecular flexibility index (Phi) is 4.04. The third kappa shape index (κ3) is 3.05. The van der Waals surface area contributed by atoms with Gasteiger partial charge in [0.2, 0.25) is 0 Å². The first-order valence-electron chi connectivity index (χ1n) is 5.07. The molecule has 16 heavy (non-hydrogen) atoms. The van der Waals surface area contributed by atoms with E-state index in [0.29, 0.717) is 24.6 Å². The highest BCUT2D eigenvalue weighted by Crippen LogP contribution is 2.34. The van der Waals surface area contributed by atoms with E-state index in [0.717, 1.165) is 12.1 Å². The molecule has 1 N–H and O–H groups in total. The molecule has 0 unspecified atom stereocenters. The minimum Gasteiger partial charge on any atom is -0.492 e. The van der Waals surface area contributed by atoms with Gasteiger partial charge in [0.1, 0.15) is 5.75 Å². The number of alkyl halides is 3. The SMILES string of the molecule is CCNc1cc(C(F)(F)F)ccc1OCC. The molecule has 0 radical (unpaired) electrons. The summed E-state index contributed by atoms with van der Waals surface area (Å²) >= 11 is 0. The highest BCUT2D eigenvalue weighted by Gasteiger charge is 2.31. The van der Waals surface area contributed by atoms with Crippen molar-refractivity contribution >= 4 is 5.69 Å². The summed E-state index contributed by atoms with van der Waals surface area (Å²) in [4.78, 5) is 0. The van der Waals surface area contributed by atoms with Crippen LogP contribution in [0.4, 0.5) is 18.9 Å². The second-order valence-electron chi connectivity index (χ2n) is 3.17. The zero-order chi connectivity index (χ0) is 12.2. The summed E-state index contributed by atoms with van der Waals surface area (Å²) < 4.78 is 42.6. The normalized spacial score (nSPS) is 11.3. The summed E-state index contributed by atoms with van der Waals surface area (Å²) in [6.45, 7) is 4.56. The Labute approximate surface area is 92.4 Å². The quantitative estimate of drug-likeness (QED) is 0.858. The van der Waals surface area contributed by atoms with Crippen molar-refractivity contribution in [2.45, 2.75) is 20.0 Å². The van der Waals surface area contributed by atoms with Gasteiger partial charge in [0, 0.05) is 6.54 Å². The number of ether oxygens (including phenoxy) is 1. The standard InChI is InChI=1S/C11H14F3NO/c1-3-15-9-7-8(11(12,13)14)5-6-10(9)16-4-2/h5-7,15H,3-4H2,1-2H3. The summed E-state index contributed by atoms with van der Waals surface area (Å²) in [5, 5.41) is 2.85. The van der Waals surface area contributed by atoms with Crippen LogP contribution < -0.4 is 10.1 Å². The molecule has 1 aromatic rings. The van der Waals surface area contributed by atoms with Gasteiger partial charge in [-0.2, -0.15) is 13.2 Å². The molecule has 0 aromatic heterocycles. The smallest absolute Gasteiger partial charge is 0.416 e. The van der Waals surface area contributed by atoms with Gasteiger partial charge < -0.3 is 10.1 Å². The lowest BCUT2D eigenvalue weighted by Crippen LogP contribution is -2.08. The maximum atomic E-state index is 12.5. The van der Waals surface area contributed by atoms with Crippen LogP contribution in [0.2, 0.25) is 0 Å². The predicted octanol–water partition coefficient (Wildman–Crippen LogP) is 3.54. The lowest BCUT2D eigenvalue weighted by molar-refractivity contribution is -0.137. The van der Waals surface area contributed by atoms with Gasteiger partial charge in [-0.15, -0.1) is 0 Å². The molecule has 0 fully saturated rings. The lowest BCUT2D eigenvalue weighted by Gasteiger charge is -2.14. The van der Waals surface area contributed by atoms with Crippen molar-refractivity contribution in [3.05, 3.63) is 23.8 Å². The Bertz CT molecular complexity index is 350. The predicted molar refractivity (Wildman–Crippen MR) is 56.8 cm³/mol. The molecule has 0 atom stereocenters. The average molecular weight is 233 g/mol. The van der Waals surface area contributed by atoms with Gasteiger partial charge >= 0.3 is 6.18 Å². The van der Waals surface area contributed by atoms with Crippen molar-refractivity contribution in [3.63, 3.8) is 0 Å². The summed E-state index contributed by atoms with van der Waals surface area (Å²) in [6, 6.07) is 3.42. The van der Waals surface area contributed by atoms with E-state index in [-0.39, 0.29) is 0 Å². The number of benzene rings is 1. The number of halogens is 3. The Balaban J connectivity index is 3.06. The van der Waals surface area contributed by atoms with E-state index in [1.807, 2.05) is 6.92 Å². The van der Waals surface area contributed by atoms with Gasteiger partial charge in [-0.1, -0.05) is 0 Å². The van der Waals surface area contributed by atoms with E-state index in [1.165, 1.54) is 6.07 Å². The number of hydrogen-bond acceptors (Lipinski definition) is 2. The molecule has 0 aliphatic carbocycles. The first-order chi connectivity index (χ1) is 7.49. The van der Waals surface area contributed by atoms with Crippen LogP contribution in [-0.4, -0.2) is 13.2 Å². The fourth-order valence-electron chi connectivity index (χ4n) is 1.32. The molecule has 0 heterocycles. The average Bonchev–Trinajstić information content (AvgIpc) is 2.19. The van der Waals surface area contributed by atoms with Gasteiger partial charge in [0.05, 0.1) is 17.9 Å². The zero-order valence-electron chi connectivity index (χ0n) is 9.19. The van der Waals surface area contributed by atoms with Crippen LogP contribution in [0.25, 0.3) is 0 Å². The molecule has 0 saturated heterocycles. The maximum Gasteiger partial charge on any atom is 0.416 e. The van der Waals surface area contributed by atoms with E-state index in [4.69, 9.17) is 4.74 Å². The monoisotopic (exact) mass is 233 g/mol.